The van der Waals surface area contributed by atoms with E-state index in [1.807, 2.05) is 0 Å². The topological polar surface area (TPSA) is 374 Å². The van der Waals surface area contributed by atoms with E-state index in [1.54, 1.807) is 14.2 Å². The van der Waals surface area contributed by atoms with Crippen molar-refractivity contribution in [2.24, 2.45) is 0 Å². The summed E-state index contributed by atoms with van der Waals surface area (Å²) in [6, 6.07) is 0. The van der Waals surface area contributed by atoms with Crippen LogP contribution in [-0.2, 0) is 14.4 Å². The lowest BCUT2D eigenvalue weighted by Crippen LogP contribution is -1.91. The third-order valence-corrected chi connectivity index (χ3v) is 0.298. The number of rotatable bonds is 2. The Morgan fingerprint density at radius 1 is 0.600 bits per heavy atom. The highest BCUT2D eigenvalue weighted by Gasteiger charge is 1.77. The summed E-state index contributed by atoms with van der Waals surface area (Å²) in [4.78, 5) is 41.3. The molecule has 22 heteroatoms. The molecule has 0 unspecified atom stereocenters. The molecule has 22 nitrogen and oxygen atoms in total. The summed E-state index contributed by atoms with van der Waals surface area (Å²) in [6.45, 7) is 0. The van der Waals surface area contributed by atoms with Crippen molar-refractivity contribution in [1.82, 2.24) is 0 Å². The summed E-state index contributed by atoms with van der Waals surface area (Å²) in [7, 11) is 7.75. The average molecular weight is 469 g/mol. The van der Waals surface area contributed by atoms with Gasteiger partial charge in [0.25, 0.3) is 10.2 Å². The molecular formula is C8H29N4O18-5. The van der Waals surface area contributed by atoms with Crippen molar-refractivity contribution >= 4 is 0 Å². The Morgan fingerprint density at radius 2 is 0.633 bits per heavy atom. The van der Waals surface area contributed by atoms with Crippen molar-refractivity contribution in [3.05, 3.63) is 50.9 Å². The van der Waals surface area contributed by atoms with Crippen LogP contribution in [0.1, 0.15) is 7.43 Å². The maximum absolute atomic E-state index is 8.95. The van der Waals surface area contributed by atoms with Crippen LogP contribution in [0.2, 0.25) is 0 Å². The maximum atomic E-state index is 8.95. The zero-order valence-corrected chi connectivity index (χ0v) is 16.3. The van der Waals surface area contributed by atoms with Crippen LogP contribution < -0.4 is 10.2 Å². The van der Waals surface area contributed by atoms with E-state index < -0.39 is 20.3 Å². The van der Waals surface area contributed by atoms with Gasteiger partial charge in [-0.05, 0) is 0 Å². The molecule has 0 saturated carbocycles. The van der Waals surface area contributed by atoms with Crippen molar-refractivity contribution in [3.8, 4) is 0 Å². The van der Waals surface area contributed by atoms with Crippen LogP contribution in [0.3, 0.4) is 0 Å². The maximum Gasteiger partial charge on any atom is 0.294 e. The molecule has 4 N–H and O–H groups in total. The largest absolute Gasteiger partial charge is 0.870 e. The first-order valence-electron chi connectivity index (χ1n) is 5.09. The lowest BCUT2D eigenvalue weighted by molar-refractivity contribution is -0.749. The van der Waals surface area contributed by atoms with Crippen LogP contribution in [-0.4, -0.2) is 86.2 Å². The minimum absolute atomic E-state index is 0. The number of aliphatic hydroxyl groups excluding tert-OH is 1. The molecule has 0 radical (unpaired) electrons. The van der Waals surface area contributed by atoms with Gasteiger partial charge in [-0.25, -0.2) is 0 Å². The first-order valence-corrected chi connectivity index (χ1v) is 5.09. The van der Waals surface area contributed by atoms with Crippen LogP contribution in [0.4, 0.5) is 0 Å². The number of nitrogens with zero attached hydrogens (tertiary/aromatic N) is 4. The number of hydrogen-bond donors (Lipinski definition) is 1. The Morgan fingerprint density at radius 3 is 0.633 bits per heavy atom. The van der Waals surface area contributed by atoms with Gasteiger partial charge in [-0.1, -0.05) is 7.43 Å². The second-order valence-corrected chi connectivity index (χ2v) is 1.67. The van der Waals surface area contributed by atoms with E-state index in [0.717, 1.165) is 35.5 Å². The summed E-state index contributed by atoms with van der Waals surface area (Å²) in [6.07, 6.45) is 0. The summed E-state index contributed by atoms with van der Waals surface area (Å²) in [5.41, 5.74) is 0. The highest BCUT2D eigenvalue weighted by Crippen LogP contribution is 1.58. The number of ether oxygens (including phenoxy) is 1. The molecule has 0 bridgehead atoms. The third-order valence-electron chi connectivity index (χ3n) is 0.298. The van der Waals surface area contributed by atoms with Crippen LogP contribution >= 0.6 is 0 Å². The number of hydrogen-bond acceptors (Lipinski definition) is 17. The van der Waals surface area contributed by atoms with Gasteiger partial charge in [-0.15, -0.1) is 20.2 Å². The van der Waals surface area contributed by atoms with Crippen molar-refractivity contribution in [2.45, 2.75) is 7.43 Å². The molecule has 0 aliphatic carbocycles. The molecule has 0 aliphatic heterocycles. The molecule has 194 valence electrons. The van der Waals surface area contributed by atoms with E-state index >= 15 is 0 Å². The fourth-order valence-electron chi connectivity index (χ4n) is 0. The van der Waals surface area contributed by atoms with E-state index in [2.05, 4.69) is 14.4 Å². The molecule has 30 heavy (non-hydrogen) atoms. The van der Waals surface area contributed by atoms with Crippen LogP contribution in [0.25, 0.3) is 0 Å². The predicted octanol–water partition coefficient (Wildman–Crippen LogP) is -3.37. The second kappa shape index (κ2) is 115. The van der Waals surface area contributed by atoms with E-state index in [4.69, 9.17) is 66.2 Å². The van der Waals surface area contributed by atoms with E-state index in [1.165, 1.54) is 0 Å². The average Bonchev–Trinajstić information content (AvgIpc) is 2.60. The van der Waals surface area contributed by atoms with E-state index in [0.29, 0.717) is 0 Å². The molecule has 0 saturated heterocycles. The van der Waals surface area contributed by atoms with Crippen LogP contribution in [0.5, 0.6) is 0 Å². The van der Waals surface area contributed by atoms with Gasteiger partial charge in [0.05, 0.1) is 24.4 Å². The van der Waals surface area contributed by atoms with Crippen molar-refractivity contribution < 1.29 is 61.0 Å². The second-order valence-electron chi connectivity index (χ2n) is 1.67. The smallest absolute Gasteiger partial charge is 0.294 e. The van der Waals surface area contributed by atoms with Gasteiger partial charge in [0.2, 0.25) is 0 Å². The van der Waals surface area contributed by atoms with Gasteiger partial charge < -0.3 is 71.3 Å². The Balaban J connectivity index is -0.0000000155. The van der Waals surface area contributed by atoms with Crippen molar-refractivity contribution in [2.75, 3.05) is 49.8 Å². The fourth-order valence-corrected chi connectivity index (χ4v) is 0. The van der Waals surface area contributed by atoms with Gasteiger partial charge in [0.1, 0.15) is 0 Å². The van der Waals surface area contributed by atoms with Gasteiger partial charge in [-0.3, -0.25) is 0 Å². The molecular weight excluding hydrogens is 440 g/mol. The molecule has 0 aromatic rings. The molecule has 0 spiro atoms. The highest BCUT2D eigenvalue weighted by molar-refractivity contribution is 4.04. The minimum Gasteiger partial charge on any atom is -0.870 e. The molecule has 0 aromatic carbocycles. The van der Waals surface area contributed by atoms with Crippen molar-refractivity contribution in [3.63, 3.8) is 0 Å². The summed E-state index contributed by atoms with van der Waals surface area (Å²) in [5, 5.41) is 69.2. The highest BCUT2D eigenvalue weighted by atomic mass is 17.0. The summed E-state index contributed by atoms with van der Waals surface area (Å²) in [5.74, 6) is 0. The van der Waals surface area contributed by atoms with Crippen molar-refractivity contribution in [1.29, 1.82) is 0 Å². The molecule has 0 fully saturated rings. The van der Waals surface area contributed by atoms with Gasteiger partial charge >= 0.3 is 0 Å². The van der Waals surface area contributed by atoms with Gasteiger partial charge in [-0.2, -0.15) is 14.2 Å². The Bertz CT molecular complexity index is 247. The SMILES string of the molecule is C.CO.COC.CO[N+](=O)[O-].CO[N+](=O)[O-].C[O-].C[O-].O.O=[N+]([O-])[O-].O=[N+]([O-])[O-].[OH-]. The van der Waals surface area contributed by atoms with Gasteiger partial charge in [0, 0.05) is 21.3 Å². The Kier molecular flexibility index (Phi) is 276. The minimum atomic E-state index is -1.75. The zero-order chi connectivity index (χ0) is 24.4. The molecule has 0 aromatic heterocycles. The molecule has 0 rings (SSSR count). The summed E-state index contributed by atoms with van der Waals surface area (Å²) < 4.78 is 4.25. The monoisotopic (exact) mass is 469 g/mol. The first-order chi connectivity index (χ1) is 12.4. The standard InChI is InChI=1S/C2H6O.2CH3NO3.CH4O.2CH3O.CH4.2NO3.2H2O/c1-3-2;2*1-5-2(3)4;3*1-2;;2*2-1(3)4;;/h1-2H3;2*1H3;2H,1H3;2*1H3;1H4;;;2*1H2/q;;;;2*-1;;2*-1;;/p-1. The predicted molar refractivity (Wildman–Crippen MR) is 93.9 cm³/mol. The number of methoxy groups -OCH3 is 1. The zero-order valence-electron chi connectivity index (χ0n) is 16.3. The molecule has 0 atom stereocenters. The van der Waals surface area contributed by atoms with Crippen LogP contribution in [0, 0.1) is 50.9 Å². The summed E-state index contributed by atoms with van der Waals surface area (Å²) >= 11 is 0. The van der Waals surface area contributed by atoms with Crippen LogP contribution in [0.15, 0.2) is 0 Å². The Hall–Kier alpha value is -3.44. The van der Waals surface area contributed by atoms with E-state index in [-0.39, 0.29) is 18.4 Å². The van der Waals surface area contributed by atoms with Gasteiger partial charge in [0.15, 0.2) is 0 Å². The third kappa shape index (κ3) is 43500. The molecule has 0 aliphatic rings. The molecule has 0 heterocycles. The number of aliphatic hydroxyl groups is 1. The first kappa shape index (κ1) is 71.7. The quantitative estimate of drug-likeness (QED) is 0.304. The lowest BCUT2D eigenvalue weighted by Gasteiger charge is -1.75. The van der Waals surface area contributed by atoms with E-state index in [9.17, 15) is 0 Å². The normalized spacial score (nSPS) is 5.00. The molecule has 0 amide bonds. The Labute approximate surface area is 170 Å². The lowest BCUT2D eigenvalue weighted by atomic mass is 11.6. The fraction of sp³-hybridized carbons (Fsp3) is 1.00.